The largest absolute Gasteiger partial charge is 0.463 e. The Labute approximate surface area is 116 Å². The number of benzene rings is 1. The molecule has 0 spiro atoms. The standard InChI is InChI=1S/C14H17NO3S/c1-19-9-10(6-7-16)15-14(17)12-8-18-13-5-3-2-4-11(12)13/h2-5,8,10,16H,6-7,9H2,1H3,(H,15,17)/t10-/m1/s1. The van der Waals surface area contributed by atoms with Gasteiger partial charge in [-0.2, -0.15) is 11.8 Å². The topological polar surface area (TPSA) is 62.5 Å². The van der Waals surface area contributed by atoms with E-state index >= 15 is 0 Å². The minimum Gasteiger partial charge on any atom is -0.463 e. The Hall–Kier alpha value is -1.46. The number of nitrogens with one attached hydrogen (secondary N) is 1. The van der Waals surface area contributed by atoms with Gasteiger partial charge in [-0.05, 0) is 18.7 Å². The summed E-state index contributed by atoms with van der Waals surface area (Å²) in [6.45, 7) is 0.0671. The highest BCUT2D eigenvalue weighted by atomic mass is 32.2. The molecular weight excluding hydrogens is 262 g/mol. The Morgan fingerprint density at radius 2 is 2.26 bits per heavy atom. The van der Waals surface area contributed by atoms with Crippen LogP contribution in [0, 0.1) is 0 Å². The number of hydrogen-bond donors (Lipinski definition) is 2. The van der Waals surface area contributed by atoms with Crippen molar-refractivity contribution >= 4 is 28.6 Å². The second kappa shape index (κ2) is 6.63. The Bertz CT molecular complexity index is 546. The molecule has 2 rings (SSSR count). The van der Waals surface area contributed by atoms with E-state index in [-0.39, 0.29) is 18.6 Å². The zero-order chi connectivity index (χ0) is 13.7. The van der Waals surface area contributed by atoms with Crippen molar-refractivity contribution in [2.24, 2.45) is 0 Å². The van der Waals surface area contributed by atoms with Crippen LogP contribution in [0.15, 0.2) is 34.9 Å². The Kier molecular flexibility index (Phi) is 4.87. The second-order valence-electron chi connectivity index (χ2n) is 4.28. The molecule has 1 amide bonds. The van der Waals surface area contributed by atoms with Crippen molar-refractivity contribution in [3.8, 4) is 0 Å². The fourth-order valence-electron chi connectivity index (χ4n) is 1.97. The number of para-hydroxylation sites is 1. The summed E-state index contributed by atoms with van der Waals surface area (Å²) in [7, 11) is 0. The summed E-state index contributed by atoms with van der Waals surface area (Å²) >= 11 is 1.64. The Morgan fingerprint density at radius 1 is 1.47 bits per heavy atom. The van der Waals surface area contributed by atoms with E-state index in [1.807, 2.05) is 30.5 Å². The summed E-state index contributed by atoms with van der Waals surface area (Å²) in [5.41, 5.74) is 1.25. The first-order valence-electron chi connectivity index (χ1n) is 6.13. The number of aliphatic hydroxyl groups excluding tert-OH is 1. The monoisotopic (exact) mass is 279 g/mol. The molecule has 0 aliphatic rings. The van der Waals surface area contributed by atoms with Crippen LogP contribution >= 0.6 is 11.8 Å². The summed E-state index contributed by atoms with van der Waals surface area (Å²) < 4.78 is 5.36. The molecule has 0 fully saturated rings. The molecule has 0 saturated carbocycles. The maximum absolute atomic E-state index is 12.2. The van der Waals surface area contributed by atoms with Gasteiger partial charge in [0.05, 0.1) is 5.56 Å². The predicted molar refractivity (Wildman–Crippen MR) is 77.6 cm³/mol. The molecule has 0 bridgehead atoms. The molecule has 0 aliphatic heterocycles. The van der Waals surface area contributed by atoms with Gasteiger partial charge in [0.1, 0.15) is 11.8 Å². The lowest BCUT2D eigenvalue weighted by atomic mass is 10.1. The third-order valence-electron chi connectivity index (χ3n) is 2.91. The number of thioether (sulfide) groups is 1. The van der Waals surface area contributed by atoms with Crippen molar-refractivity contribution in [3.63, 3.8) is 0 Å². The highest BCUT2D eigenvalue weighted by molar-refractivity contribution is 7.98. The lowest BCUT2D eigenvalue weighted by Gasteiger charge is -2.16. The molecule has 0 saturated heterocycles. The average Bonchev–Trinajstić information content (AvgIpc) is 2.83. The summed E-state index contributed by atoms with van der Waals surface area (Å²) in [6.07, 6.45) is 4.02. The van der Waals surface area contributed by atoms with Gasteiger partial charge in [0.25, 0.3) is 5.91 Å². The molecule has 0 unspecified atom stereocenters. The van der Waals surface area contributed by atoms with E-state index in [4.69, 9.17) is 9.52 Å². The van der Waals surface area contributed by atoms with Gasteiger partial charge in [-0.25, -0.2) is 0 Å². The van der Waals surface area contributed by atoms with Crippen molar-refractivity contribution in [2.75, 3.05) is 18.6 Å². The number of fused-ring (bicyclic) bond motifs is 1. The van der Waals surface area contributed by atoms with E-state index in [0.717, 1.165) is 11.1 Å². The molecule has 5 heteroatoms. The minimum atomic E-state index is -0.155. The molecule has 1 aromatic carbocycles. The number of hydrogen-bond acceptors (Lipinski definition) is 4. The SMILES string of the molecule is CSC[C@@H](CCO)NC(=O)c1coc2ccccc12. The number of amides is 1. The van der Waals surface area contributed by atoms with Gasteiger partial charge < -0.3 is 14.8 Å². The zero-order valence-electron chi connectivity index (χ0n) is 10.8. The number of carbonyl (C=O) groups excluding carboxylic acids is 1. The van der Waals surface area contributed by atoms with Crippen LogP contribution in [0.25, 0.3) is 11.0 Å². The van der Waals surface area contributed by atoms with Gasteiger partial charge in [0.2, 0.25) is 0 Å². The van der Waals surface area contributed by atoms with E-state index < -0.39 is 0 Å². The van der Waals surface area contributed by atoms with Crippen molar-refractivity contribution in [1.29, 1.82) is 0 Å². The molecule has 2 N–H and O–H groups in total. The van der Waals surface area contributed by atoms with Crippen LogP contribution in [0.3, 0.4) is 0 Å². The van der Waals surface area contributed by atoms with Crippen LogP contribution in [0.1, 0.15) is 16.8 Å². The first kappa shape index (κ1) is 14.0. The lowest BCUT2D eigenvalue weighted by Crippen LogP contribution is -2.37. The normalized spacial score (nSPS) is 12.5. The number of furan rings is 1. The molecular formula is C14H17NO3S. The van der Waals surface area contributed by atoms with Crippen LogP contribution in [0.5, 0.6) is 0 Å². The van der Waals surface area contributed by atoms with Crippen molar-refractivity contribution in [2.45, 2.75) is 12.5 Å². The first-order valence-corrected chi connectivity index (χ1v) is 7.52. The first-order chi connectivity index (χ1) is 9.26. The summed E-state index contributed by atoms with van der Waals surface area (Å²) in [5, 5.41) is 12.7. The van der Waals surface area contributed by atoms with Crippen LogP contribution in [0.2, 0.25) is 0 Å². The minimum absolute atomic E-state index is 0.0267. The molecule has 4 nitrogen and oxygen atoms in total. The number of carbonyl (C=O) groups is 1. The third kappa shape index (κ3) is 3.30. The molecule has 1 aromatic heterocycles. The summed E-state index contributed by atoms with van der Waals surface area (Å²) in [5.74, 6) is 0.625. The summed E-state index contributed by atoms with van der Waals surface area (Å²) in [6, 6.07) is 7.42. The lowest BCUT2D eigenvalue weighted by molar-refractivity contribution is 0.0936. The highest BCUT2D eigenvalue weighted by Crippen LogP contribution is 2.20. The number of rotatable bonds is 6. The van der Waals surface area contributed by atoms with Crippen LogP contribution in [-0.4, -0.2) is 35.7 Å². The maximum Gasteiger partial charge on any atom is 0.255 e. The molecule has 1 heterocycles. The van der Waals surface area contributed by atoms with Crippen molar-refractivity contribution in [1.82, 2.24) is 5.32 Å². The molecule has 0 radical (unpaired) electrons. The van der Waals surface area contributed by atoms with Gasteiger partial charge in [-0.1, -0.05) is 18.2 Å². The van der Waals surface area contributed by atoms with Gasteiger partial charge in [-0.3, -0.25) is 4.79 Å². The predicted octanol–water partition coefficient (Wildman–Crippen LogP) is 2.28. The second-order valence-corrected chi connectivity index (χ2v) is 5.19. The third-order valence-corrected chi connectivity index (χ3v) is 3.64. The van der Waals surface area contributed by atoms with Crippen LogP contribution in [0.4, 0.5) is 0 Å². The van der Waals surface area contributed by atoms with Gasteiger partial charge in [-0.15, -0.1) is 0 Å². The Balaban J connectivity index is 2.14. The molecule has 1 atom stereocenters. The average molecular weight is 279 g/mol. The van der Waals surface area contributed by atoms with Gasteiger partial charge >= 0.3 is 0 Å². The van der Waals surface area contributed by atoms with Crippen LogP contribution < -0.4 is 5.32 Å². The van der Waals surface area contributed by atoms with E-state index in [0.29, 0.717) is 17.6 Å². The molecule has 19 heavy (non-hydrogen) atoms. The smallest absolute Gasteiger partial charge is 0.255 e. The van der Waals surface area contributed by atoms with Crippen molar-refractivity contribution in [3.05, 3.63) is 36.1 Å². The Morgan fingerprint density at radius 3 is 3.00 bits per heavy atom. The fraction of sp³-hybridized carbons (Fsp3) is 0.357. The zero-order valence-corrected chi connectivity index (χ0v) is 11.6. The molecule has 2 aromatic rings. The van der Waals surface area contributed by atoms with E-state index in [2.05, 4.69) is 5.32 Å². The van der Waals surface area contributed by atoms with Crippen LogP contribution in [-0.2, 0) is 0 Å². The van der Waals surface area contributed by atoms with Gasteiger partial charge in [0.15, 0.2) is 0 Å². The maximum atomic E-state index is 12.2. The van der Waals surface area contributed by atoms with E-state index in [9.17, 15) is 4.79 Å². The quantitative estimate of drug-likeness (QED) is 0.851. The van der Waals surface area contributed by atoms with Crippen molar-refractivity contribution < 1.29 is 14.3 Å². The van der Waals surface area contributed by atoms with E-state index in [1.165, 1.54) is 6.26 Å². The number of aliphatic hydroxyl groups is 1. The fourth-order valence-corrected chi connectivity index (χ4v) is 2.62. The highest BCUT2D eigenvalue weighted by Gasteiger charge is 2.17. The van der Waals surface area contributed by atoms with Gasteiger partial charge in [0, 0.05) is 23.8 Å². The molecule has 0 aliphatic carbocycles. The van der Waals surface area contributed by atoms with E-state index in [1.54, 1.807) is 11.8 Å². The molecule has 102 valence electrons. The summed E-state index contributed by atoms with van der Waals surface area (Å²) in [4.78, 5) is 12.2.